The van der Waals surface area contributed by atoms with Crippen molar-refractivity contribution in [3.63, 3.8) is 0 Å². The van der Waals surface area contributed by atoms with Gasteiger partial charge in [0.25, 0.3) is 0 Å². The number of nitrogen functional groups attached to an aromatic ring is 1. The zero-order chi connectivity index (χ0) is 33.7. The fourth-order valence-electron chi connectivity index (χ4n) is 6.75. The maximum atomic E-state index is 7.08. The van der Waals surface area contributed by atoms with Gasteiger partial charge in [0.1, 0.15) is 0 Å². The molecule has 0 aliphatic rings. The van der Waals surface area contributed by atoms with E-state index in [1.807, 2.05) is 6.07 Å². The van der Waals surface area contributed by atoms with Gasteiger partial charge in [0.2, 0.25) is 0 Å². The molecule has 2 heteroatoms. The van der Waals surface area contributed by atoms with E-state index in [-0.39, 0.29) is 0 Å². The van der Waals surface area contributed by atoms with Gasteiger partial charge in [0, 0.05) is 33.9 Å². The van der Waals surface area contributed by atoms with Crippen LogP contribution in [0.4, 0.5) is 22.7 Å². The summed E-state index contributed by atoms with van der Waals surface area (Å²) in [6, 6.07) is 72.7. The highest BCUT2D eigenvalue weighted by molar-refractivity contribution is 5.96. The minimum atomic E-state index is 0.765. The molecule has 0 heterocycles. The molecule has 8 aromatic rings. The van der Waals surface area contributed by atoms with Crippen molar-refractivity contribution in [2.45, 2.75) is 0 Å². The van der Waals surface area contributed by atoms with Gasteiger partial charge in [-0.25, -0.2) is 0 Å². The molecule has 0 saturated carbocycles. The second-order valence-electron chi connectivity index (χ2n) is 12.4. The van der Waals surface area contributed by atoms with Crippen molar-refractivity contribution >= 4 is 22.7 Å². The van der Waals surface area contributed by atoms with Crippen LogP contribution >= 0.6 is 0 Å². The Bertz CT molecular complexity index is 2330. The number of nitrogens with zero attached hydrogens (tertiary/aromatic N) is 1. The maximum Gasteiger partial charge on any atom is 0.0473 e. The summed E-state index contributed by atoms with van der Waals surface area (Å²) in [6.07, 6.45) is 0. The van der Waals surface area contributed by atoms with Gasteiger partial charge in [-0.15, -0.1) is 0 Å². The predicted octanol–water partition coefficient (Wildman–Crippen LogP) is 13.1. The summed E-state index contributed by atoms with van der Waals surface area (Å²) in [5.74, 6) is 0. The van der Waals surface area contributed by atoms with Crippen LogP contribution in [0.5, 0.6) is 0 Å². The zero-order valence-corrected chi connectivity index (χ0v) is 27.7. The summed E-state index contributed by atoms with van der Waals surface area (Å²) >= 11 is 0. The third-order valence-electron chi connectivity index (χ3n) is 9.29. The molecule has 0 spiro atoms. The summed E-state index contributed by atoms with van der Waals surface area (Å²) < 4.78 is 0. The Morgan fingerprint density at radius 1 is 0.260 bits per heavy atom. The van der Waals surface area contributed by atoms with Gasteiger partial charge in [-0.05, 0) is 80.9 Å². The average molecular weight is 641 g/mol. The maximum absolute atomic E-state index is 7.08. The first-order valence-electron chi connectivity index (χ1n) is 17.0. The molecular formula is C48H36N2. The van der Waals surface area contributed by atoms with E-state index in [1.54, 1.807) is 0 Å². The van der Waals surface area contributed by atoms with Crippen LogP contribution in [0, 0.1) is 0 Å². The summed E-state index contributed by atoms with van der Waals surface area (Å²) in [5.41, 5.74) is 22.3. The van der Waals surface area contributed by atoms with Crippen molar-refractivity contribution in [3.05, 3.63) is 206 Å². The Morgan fingerprint density at radius 3 is 1.24 bits per heavy atom. The number of hydrogen-bond donors (Lipinski definition) is 1. The molecule has 238 valence electrons. The molecule has 0 aliphatic carbocycles. The summed E-state index contributed by atoms with van der Waals surface area (Å²) in [6.45, 7) is 0. The van der Waals surface area contributed by atoms with E-state index in [4.69, 9.17) is 5.73 Å². The Balaban J connectivity index is 1.23. The van der Waals surface area contributed by atoms with Crippen LogP contribution < -0.4 is 10.6 Å². The van der Waals surface area contributed by atoms with Crippen molar-refractivity contribution in [1.29, 1.82) is 0 Å². The van der Waals surface area contributed by atoms with Crippen LogP contribution in [0.1, 0.15) is 0 Å². The molecule has 0 bridgehead atoms. The van der Waals surface area contributed by atoms with E-state index in [1.165, 1.54) is 22.3 Å². The van der Waals surface area contributed by atoms with E-state index in [0.717, 1.165) is 56.1 Å². The SMILES string of the molecule is Nc1c(-c2ccc(-c3ccccc3)cc2)cccc1-c1ccc(N(c2ccccc2)c2ccc(-c3ccccc3)cc2)cc1-c1ccccc1. The summed E-state index contributed by atoms with van der Waals surface area (Å²) in [7, 11) is 0. The van der Waals surface area contributed by atoms with Crippen LogP contribution in [0.3, 0.4) is 0 Å². The van der Waals surface area contributed by atoms with Gasteiger partial charge in [-0.2, -0.15) is 0 Å². The highest BCUT2D eigenvalue weighted by Gasteiger charge is 2.18. The van der Waals surface area contributed by atoms with Gasteiger partial charge in [-0.1, -0.05) is 170 Å². The minimum absolute atomic E-state index is 0.765. The zero-order valence-electron chi connectivity index (χ0n) is 27.7. The van der Waals surface area contributed by atoms with E-state index >= 15 is 0 Å². The number of benzene rings is 8. The van der Waals surface area contributed by atoms with Crippen LogP contribution in [-0.4, -0.2) is 0 Å². The van der Waals surface area contributed by atoms with Crippen LogP contribution in [0.2, 0.25) is 0 Å². The van der Waals surface area contributed by atoms with E-state index in [9.17, 15) is 0 Å². The van der Waals surface area contributed by atoms with Gasteiger partial charge in [0.05, 0.1) is 0 Å². The third kappa shape index (κ3) is 6.19. The Labute approximate surface area is 294 Å². The predicted molar refractivity (Wildman–Crippen MR) is 213 cm³/mol. The second kappa shape index (κ2) is 13.8. The monoisotopic (exact) mass is 640 g/mol. The molecule has 8 rings (SSSR count). The van der Waals surface area contributed by atoms with E-state index < -0.39 is 0 Å². The molecule has 0 amide bonds. The lowest BCUT2D eigenvalue weighted by atomic mass is 9.90. The lowest BCUT2D eigenvalue weighted by Crippen LogP contribution is -2.10. The Morgan fingerprint density at radius 2 is 0.660 bits per heavy atom. The fourth-order valence-corrected chi connectivity index (χ4v) is 6.75. The molecule has 0 atom stereocenters. The van der Waals surface area contributed by atoms with Crippen molar-refractivity contribution in [2.75, 3.05) is 10.6 Å². The molecule has 8 aromatic carbocycles. The average Bonchev–Trinajstić information content (AvgIpc) is 3.20. The number of rotatable bonds is 8. The van der Waals surface area contributed by atoms with Crippen molar-refractivity contribution in [2.24, 2.45) is 0 Å². The van der Waals surface area contributed by atoms with E-state index in [0.29, 0.717) is 0 Å². The Hall–Kier alpha value is -6.64. The Kier molecular flexibility index (Phi) is 8.49. The van der Waals surface area contributed by atoms with Crippen LogP contribution in [0.15, 0.2) is 206 Å². The minimum Gasteiger partial charge on any atom is -0.398 e. The van der Waals surface area contributed by atoms with Gasteiger partial charge in [0.15, 0.2) is 0 Å². The molecule has 2 N–H and O–H groups in total. The van der Waals surface area contributed by atoms with Crippen molar-refractivity contribution < 1.29 is 0 Å². The second-order valence-corrected chi connectivity index (χ2v) is 12.4. The largest absolute Gasteiger partial charge is 0.398 e. The molecular weight excluding hydrogens is 605 g/mol. The third-order valence-corrected chi connectivity index (χ3v) is 9.29. The first-order valence-corrected chi connectivity index (χ1v) is 17.0. The highest BCUT2D eigenvalue weighted by atomic mass is 15.1. The number of nitrogens with two attached hydrogens (primary N) is 1. The lowest BCUT2D eigenvalue weighted by molar-refractivity contribution is 1.28. The molecule has 0 unspecified atom stereocenters. The molecule has 0 radical (unpaired) electrons. The number of para-hydroxylation sites is 2. The molecule has 0 saturated heterocycles. The van der Waals surface area contributed by atoms with Gasteiger partial charge in [-0.3, -0.25) is 0 Å². The normalized spacial score (nSPS) is 10.9. The fraction of sp³-hybridized carbons (Fsp3) is 0. The lowest BCUT2D eigenvalue weighted by Gasteiger charge is -2.27. The first-order chi connectivity index (χ1) is 24.7. The summed E-state index contributed by atoms with van der Waals surface area (Å²) in [5, 5.41) is 0. The first kappa shape index (κ1) is 30.7. The summed E-state index contributed by atoms with van der Waals surface area (Å²) in [4.78, 5) is 2.32. The standard InChI is InChI=1S/C48H36N2/c49-48-44(40-26-24-37(25-27-40)35-14-5-1-6-15-35)22-13-23-46(48)45-33-32-43(34-47(45)39-18-9-3-10-19-39)50(41-20-11-4-12-21-41)42-30-28-38(29-31-42)36-16-7-2-8-17-36/h1-34H,49H2. The smallest absolute Gasteiger partial charge is 0.0473 e. The van der Waals surface area contributed by atoms with Crippen molar-refractivity contribution in [1.82, 2.24) is 0 Å². The van der Waals surface area contributed by atoms with Crippen LogP contribution in [0.25, 0.3) is 55.6 Å². The van der Waals surface area contributed by atoms with Crippen molar-refractivity contribution in [3.8, 4) is 55.6 Å². The number of anilines is 4. The molecule has 0 fully saturated rings. The molecule has 0 aliphatic heterocycles. The van der Waals surface area contributed by atoms with Gasteiger partial charge >= 0.3 is 0 Å². The topological polar surface area (TPSA) is 29.3 Å². The molecule has 0 aromatic heterocycles. The van der Waals surface area contributed by atoms with Crippen LogP contribution in [-0.2, 0) is 0 Å². The molecule has 50 heavy (non-hydrogen) atoms. The quantitative estimate of drug-likeness (QED) is 0.167. The van der Waals surface area contributed by atoms with Gasteiger partial charge < -0.3 is 10.6 Å². The number of hydrogen-bond acceptors (Lipinski definition) is 2. The molecule has 2 nitrogen and oxygen atoms in total. The van der Waals surface area contributed by atoms with E-state index in [2.05, 4.69) is 205 Å². The highest BCUT2D eigenvalue weighted by Crippen LogP contribution is 2.44.